The van der Waals surface area contributed by atoms with Gasteiger partial charge in [-0.3, -0.25) is 9.69 Å². The van der Waals surface area contributed by atoms with Crippen LogP contribution in [-0.4, -0.2) is 46.9 Å². The van der Waals surface area contributed by atoms with Crippen LogP contribution in [0.3, 0.4) is 0 Å². The third-order valence-corrected chi connectivity index (χ3v) is 6.25. The van der Waals surface area contributed by atoms with Crippen molar-refractivity contribution in [3.05, 3.63) is 95.7 Å². The zero-order chi connectivity index (χ0) is 20.3. The maximum atomic E-state index is 13.3. The molecule has 1 aliphatic heterocycles. The molecule has 0 spiro atoms. The van der Waals surface area contributed by atoms with Gasteiger partial charge in [-0.05, 0) is 29.7 Å². The van der Waals surface area contributed by atoms with Crippen LogP contribution in [-0.2, 0) is 6.54 Å². The third-order valence-electron chi connectivity index (χ3n) is 6.25. The molecule has 1 fully saturated rings. The zero-order valence-electron chi connectivity index (χ0n) is 17.1. The molecular weight excluding hydrogens is 370 g/mol. The average Bonchev–Trinajstić information content (AvgIpc) is 3.24. The number of aromatic amines is 1. The number of carbonyl (C=O) groups excluding carboxylic acids is 1. The summed E-state index contributed by atoms with van der Waals surface area (Å²) in [6.45, 7) is 4.31. The summed E-state index contributed by atoms with van der Waals surface area (Å²) in [4.78, 5) is 21.0. The minimum atomic E-state index is 0.136. The fraction of sp³-hybridized carbons (Fsp3) is 0.269. The van der Waals surface area contributed by atoms with Crippen LogP contribution in [0.2, 0.25) is 0 Å². The Balaban J connectivity index is 1.29. The quantitative estimate of drug-likeness (QED) is 0.692. The van der Waals surface area contributed by atoms with Gasteiger partial charge in [0.25, 0.3) is 5.91 Å². The van der Waals surface area contributed by atoms with Gasteiger partial charge < -0.3 is 9.88 Å². The van der Waals surface area contributed by atoms with Crippen molar-refractivity contribution in [3.8, 4) is 0 Å². The van der Waals surface area contributed by atoms with Crippen LogP contribution in [0.4, 0.5) is 0 Å². The highest BCUT2D eigenvalue weighted by Gasteiger charge is 2.24. The predicted molar refractivity (Wildman–Crippen MR) is 122 cm³/mol. The molecule has 1 unspecified atom stereocenters. The summed E-state index contributed by atoms with van der Waals surface area (Å²) in [5.41, 5.74) is 4.41. The molecule has 5 rings (SSSR count). The van der Waals surface area contributed by atoms with Gasteiger partial charge in [-0.25, -0.2) is 0 Å². The molecule has 2 heterocycles. The van der Waals surface area contributed by atoms with Gasteiger partial charge >= 0.3 is 0 Å². The van der Waals surface area contributed by atoms with Gasteiger partial charge in [0.2, 0.25) is 0 Å². The van der Waals surface area contributed by atoms with Crippen LogP contribution >= 0.6 is 0 Å². The molecule has 3 aromatic rings. The van der Waals surface area contributed by atoms with Gasteiger partial charge in [-0.2, -0.15) is 0 Å². The number of allylic oxidation sites excluding steroid dienone is 4. The Morgan fingerprint density at radius 3 is 2.60 bits per heavy atom. The number of hydrogen-bond acceptors (Lipinski definition) is 2. The molecule has 1 aromatic heterocycles. The van der Waals surface area contributed by atoms with Crippen molar-refractivity contribution in [2.75, 3.05) is 26.2 Å². The van der Waals surface area contributed by atoms with Crippen LogP contribution < -0.4 is 0 Å². The van der Waals surface area contributed by atoms with Crippen molar-refractivity contribution < 1.29 is 4.79 Å². The standard InChI is InChI=1S/C26H27N3O/c30-26(29-15-13-28(14-16-29)19-20-7-3-1-4-8-20)24-18-27-25-12-11-22(17-23(24)25)21-9-5-2-6-10-21/h1-9,11-12,17-18,21,27H,10,13-16,19H2. The first-order valence-electron chi connectivity index (χ1n) is 10.8. The lowest BCUT2D eigenvalue weighted by Crippen LogP contribution is -2.48. The second-order valence-electron chi connectivity index (χ2n) is 8.22. The molecule has 4 heteroatoms. The molecule has 0 radical (unpaired) electrons. The number of aromatic nitrogens is 1. The summed E-state index contributed by atoms with van der Waals surface area (Å²) in [5.74, 6) is 0.524. The average molecular weight is 398 g/mol. The van der Waals surface area contributed by atoms with Crippen LogP contribution in [0.25, 0.3) is 10.9 Å². The van der Waals surface area contributed by atoms with Gasteiger partial charge in [0.05, 0.1) is 5.56 Å². The minimum absolute atomic E-state index is 0.136. The topological polar surface area (TPSA) is 39.3 Å². The summed E-state index contributed by atoms with van der Waals surface area (Å²) in [5, 5.41) is 1.03. The molecule has 0 bridgehead atoms. The van der Waals surface area contributed by atoms with Crippen molar-refractivity contribution >= 4 is 16.8 Å². The van der Waals surface area contributed by atoms with Crippen molar-refractivity contribution in [1.29, 1.82) is 0 Å². The van der Waals surface area contributed by atoms with Crippen molar-refractivity contribution in [2.24, 2.45) is 0 Å². The van der Waals surface area contributed by atoms with E-state index >= 15 is 0 Å². The Hall–Kier alpha value is -3.11. The van der Waals surface area contributed by atoms with E-state index in [4.69, 9.17) is 0 Å². The van der Waals surface area contributed by atoms with Gasteiger partial charge in [0, 0.05) is 55.7 Å². The summed E-state index contributed by atoms with van der Waals surface area (Å²) >= 11 is 0. The van der Waals surface area contributed by atoms with E-state index in [0.29, 0.717) is 5.92 Å². The molecule has 1 aliphatic carbocycles. The Morgan fingerprint density at radius 2 is 1.83 bits per heavy atom. The number of fused-ring (bicyclic) bond motifs is 1. The number of nitrogens with zero attached hydrogens (tertiary/aromatic N) is 2. The Morgan fingerprint density at radius 1 is 1.00 bits per heavy atom. The molecule has 4 nitrogen and oxygen atoms in total. The molecule has 0 saturated carbocycles. The summed E-state index contributed by atoms with van der Waals surface area (Å²) in [7, 11) is 0. The summed E-state index contributed by atoms with van der Waals surface area (Å²) in [6, 6.07) is 17.0. The Kier molecular flexibility index (Phi) is 5.24. The van der Waals surface area contributed by atoms with E-state index in [1.165, 1.54) is 11.1 Å². The molecule has 152 valence electrons. The van der Waals surface area contributed by atoms with E-state index in [2.05, 4.69) is 76.7 Å². The SMILES string of the molecule is O=C(c1c[nH]c2ccc(C3C=CC=CC3)cc12)N1CCN(Cc2ccccc2)CC1. The number of benzene rings is 2. The number of carbonyl (C=O) groups is 1. The lowest BCUT2D eigenvalue weighted by Gasteiger charge is -2.34. The van der Waals surface area contributed by atoms with Gasteiger partial charge in [-0.15, -0.1) is 0 Å². The number of piperazine rings is 1. The monoisotopic (exact) mass is 397 g/mol. The summed E-state index contributed by atoms with van der Waals surface area (Å²) in [6.07, 6.45) is 11.5. The van der Waals surface area contributed by atoms with Crippen molar-refractivity contribution in [2.45, 2.75) is 18.9 Å². The lowest BCUT2D eigenvalue weighted by molar-refractivity contribution is 0.0630. The fourth-order valence-corrected chi connectivity index (χ4v) is 4.49. The zero-order valence-corrected chi connectivity index (χ0v) is 17.1. The molecule has 2 aromatic carbocycles. The van der Waals surface area contributed by atoms with Crippen LogP contribution in [0, 0.1) is 0 Å². The van der Waals surface area contributed by atoms with E-state index in [9.17, 15) is 4.79 Å². The fourth-order valence-electron chi connectivity index (χ4n) is 4.49. The molecule has 2 aliphatic rings. The molecule has 1 N–H and O–H groups in total. The van der Waals surface area contributed by atoms with Gasteiger partial charge in [-0.1, -0.05) is 60.7 Å². The Labute approximate surface area is 177 Å². The largest absolute Gasteiger partial charge is 0.360 e. The smallest absolute Gasteiger partial charge is 0.256 e. The van der Waals surface area contributed by atoms with Crippen LogP contribution in [0.15, 0.2) is 79.0 Å². The molecule has 1 atom stereocenters. The van der Waals surface area contributed by atoms with Gasteiger partial charge in [0.15, 0.2) is 0 Å². The third kappa shape index (κ3) is 3.83. The lowest BCUT2D eigenvalue weighted by atomic mass is 9.91. The number of nitrogens with one attached hydrogen (secondary N) is 1. The number of hydrogen-bond donors (Lipinski definition) is 1. The van der Waals surface area contributed by atoms with E-state index < -0.39 is 0 Å². The second kappa shape index (κ2) is 8.33. The first kappa shape index (κ1) is 18.9. The number of H-pyrrole nitrogens is 1. The van der Waals surface area contributed by atoms with E-state index in [1.807, 2.05) is 17.2 Å². The number of amides is 1. The maximum absolute atomic E-state index is 13.3. The highest BCUT2D eigenvalue weighted by molar-refractivity contribution is 6.07. The molecule has 30 heavy (non-hydrogen) atoms. The van der Waals surface area contributed by atoms with Crippen molar-refractivity contribution in [3.63, 3.8) is 0 Å². The Bertz CT molecular complexity index is 1090. The second-order valence-corrected chi connectivity index (χ2v) is 8.22. The minimum Gasteiger partial charge on any atom is -0.360 e. The van der Waals surface area contributed by atoms with Gasteiger partial charge in [0.1, 0.15) is 0 Å². The normalized spacial score (nSPS) is 19.5. The highest BCUT2D eigenvalue weighted by Crippen LogP contribution is 2.29. The number of rotatable bonds is 4. The summed E-state index contributed by atoms with van der Waals surface area (Å²) < 4.78 is 0. The van der Waals surface area contributed by atoms with Crippen LogP contribution in [0.5, 0.6) is 0 Å². The molecular formula is C26H27N3O. The highest BCUT2D eigenvalue weighted by atomic mass is 16.2. The molecule has 1 amide bonds. The van der Waals surface area contributed by atoms with Crippen LogP contribution in [0.1, 0.15) is 33.8 Å². The first-order valence-corrected chi connectivity index (χ1v) is 10.8. The van der Waals surface area contributed by atoms with E-state index in [-0.39, 0.29) is 5.91 Å². The molecule has 1 saturated heterocycles. The van der Waals surface area contributed by atoms with E-state index in [0.717, 1.165) is 55.6 Å². The van der Waals surface area contributed by atoms with Crippen molar-refractivity contribution in [1.82, 2.24) is 14.8 Å². The maximum Gasteiger partial charge on any atom is 0.256 e. The van der Waals surface area contributed by atoms with E-state index in [1.54, 1.807) is 0 Å². The first-order chi connectivity index (χ1) is 14.8. The predicted octanol–water partition coefficient (Wildman–Crippen LogP) is 4.73.